The SMILES string of the molecule is ClC(Cl)(c1cccc(Br)c1)c1cccc(Br)c1. The maximum atomic E-state index is 6.45. The van der Waals surface area contributed by atoms with Gasteiger partial charge in [-0.3, -0.25) is 0 Å². The van der Waals surface area contributed by atoms with E-state index in [0.717, 1.165) is 20.1 Å². The van der Waals surface area contributed by atoms with E-state index < -0.39 is 4.33 Å². The van der Waals surface area contributed by atoms with Crippen LogP contribution in [0.2, 0.25) is 0 Å². The summed E-state index contributed by atoms with van der Waals surface area (Å²) in [5, 5.41) is 0. The molecule has 0 saturated heterocycles. The van der Waals surface area contributed by atoms with E-state index in [0.29, 0.717) is 0 Å². The molecule has 0 aromatic heterocycles. The molecule has 2 rings (SSSR count). The molecule has 0 heterocycles. The topological polar surface area (TPSA) is 0 Å². The number of rotatable bonds is 2. The van der Waals surface area contributed by atoms with E-state index in [9.17, 15) is 0 Å². The van der Waals surface area contributed by atoms with Crippen LogP contribution < -0.4 is 0 Å². The molecule has 0 N–H and O–H groups in total. The fourth-order valence-corrected chi connectivity index (χ4v) is 2.80. The standard InChI is InChI=1S/C13H8Br2Cl2/c14-11-5-1-3-9(7-11)13(16,17)10-4-2-6-12(15)8-10/h1-8H. The fourth-order valence-electron chi connectivity index (χ4n) is 1.53. The van der Waals surface area contributed by atoms with E-state index in [2.05, 4.69) is 31.9 Å². The van der Waals surface area contributed by atoms with Gasteiger partial charge in [0.25, 0.3) is 0 Å². The van der Waals surface area contributed by atoms with Crippen LogP contribution in [0.4, 0.5) is 0 Å². The predicted octanol–water partition coefficient (Wildman–Crippen LogP) is 5.89. The van der Waals surface area contributed by atoms with Crippen molar-refractivity contribution < 1.29 is 0 Å². The minimum atomic E-state index is -1.05. The summed E-state index contributed by atoms with van der Waals surface area (Å²) in [6.07, 6.45) is 0. The molecule has 0 aliphatic carbocycles. The molecule has 0 unspecified atom stereocenters. The van der Waals surface area contributed by atoms with Crippen LogP contribution in [0.15, 0.2) is 57.5 Å². The lowest BCUT2D eigenvalue weighted by molar-refractivity contribution is 1.03. The van der Waals surface area contributed by atoms with E-state index in [-0.39, 0.29) is 0 Å². The molecule has 0 saturated carbocycles. The van der Waals surface area contributed by atoms with Crippen LogP contribution in [-0.4, -0.2) is 0 Å². The summed E-state index contributed by atoms with van der Waals surface area (Å²) in [5.41, 5.74) is 1.68. The molecule has 0 aliphatic rings. The number of hydrogen-bond donors (Lipinski definition) is 0. The van der Waals surface area contributed by atoms with Gasteiger partial charge in [-0.15, -0.1) is 0 Å². The summed E-state index contributed by atoms with van der Waals surface area (Å²) in [5.74, 6) is 0. The lowest BCUT2D eigenvalue weighted by Gasteiger charge is -2.21. The highest BCUT2D eigenvalue weighted by Gasteiger charge is 2.29. The monoisotopic (exact) mass is 392 g/mol. The highest BCUT2D eigenvalue weighted by Crippen LogP contribution is 2.42. The summed E-state index contributed by atoms with van der Waals surface area (Å²) in [6.45, 7) is 0. The van der Waals surface area contributed by atoms with Crippen molar-refractivity contribution in [3.63, 3.8) is 0 Å². The summed E-state index contributed by atoms with van der Waals surface area (Å²) in [6, 6.07) is 15.4. The summed E-state index contributed by atoms with van der Waals surface area (Å²) >= 11 is 19.7. The van der Waals surface area contributed by atoms with Crippen LogP contribution in [-0.2, 0) is 4.33 Å². The molecule has 4 heteroatoms. The zero-order valence-corrected chi connectivity index (χ0v) is 13.3. The molecule has 2 aromatic rings. The number of alkyl halides is 2. The highest BCUT2D eigenvalue weighted by molar-refractivity contribution is 9.10. The maximum Gasteiger partial charge on any atom is 0.168 e. The predicted molar refractivity (Wildman–Crippen MR) is 80.8 cm³/mol. The highest BCUT2D eigenvalue weighted by atomic mass is 79.9. The van der Waals surface area contributed by atoms with Crippen LogP contribution in [0, 0.1) is 0 Å². The van der Waals surface area contributed by atoms with E-state index >= 15 is 0 Å². The molecule has 0 aliphatic heterocycles. The average molecular weight is 395 g/mol. The second kappa shape index (κ2) is 5.31. The molecule has 88 valence electrons. The van der Waals surface area contributed by atoms with Gasteiger partial charge < -0.3 is 0 Å². The van der Waals surface area contributed by atoms with Crippen molar-refractivity contribution in [1.29, 1.82) is 0 Å². The van der Waals surface area contributed by atoms with Crippen LogP contribution in [0.3, 0.4) is 0 Å². The first-order valence-corrected chi connectivity index (χ1v) is 7.24. The largest absolute Gasteiger partial charge is 0.168 e. The Labute approximate surface area is 127 Å². The molecule has 0 bridgehead atoms. The zero-order valence-electron chi connectivity index (χ0n) is 8.63. The number of hydrogen-bond acceptors (Lipinski definition) is 0. The summed E-state index contributed by atoms with van der Waals surface area (Å²) in [7, 11) is 0. The molecule has 0 amide bonds. The Hall–Kier alpha value is -0.0200. The fraction of sp³-hybridized carbons (Fsp3) is 0.0769. The second-order valence-electron chi connectivity index (χ2n) is 3.60. The van der Waals surface area contributed by atoms with Crippen molar-refractivity contribution in [3.8, 4) is 0 Å². The van der Waals surface area contributed by atoms with Gasteiger partial charge in [-0.2, -0.15) is 0 Å². The van der Waals surface area contributed by atoms with Gasteiger partial charge in [-0.1, -0.05) is 79.3 Å². The molecular formula is C13H8Br2Cl2. The minimum absolute atomic E-state index is 0.841. The van der Waals surface area contributed by atoms with Crippen LogP contribution in [0.5, 0.6) is 0 Å². The van der Waals surface area contributed by atoms with E-state index in [1.54, 1.807) is 0 Å². The van der Waals surface area contributed by atoms with Crippen LogP contribution in [0.25, 0.3) is 0 Å². The van der Waals surface area contributed by atoms with Gasteiger partial charge in [-0.25, -0.2) is 0 Å². The van der Waals surface area contributed by atoms with Gasteiger partial charge in [0.1, 0.15) is 0 Å². The molecular weight excluding hydrogens is 387 g/mol. The Morgan fingerprint density at radius 3 is 1.53 bits per heavy atom. The molecule has 0 fully saturated rings. The number of benzene rings is 2. The Bertz CT molecular complexity index is 491. The molecule has 0 nitrogen and oxygen atoms in total. The summed E-state index contributed by atoms with van der Waals surface area (Å²) < 4.78 is 0.861. The average Bonchev–Trinajstić information content (AvgIpc) is 2.29. The lowest BCUT2D eigenvalue weighted by Crippen LogP contribution is -2.12. The van der Waals surface area contributed by atoms with E-state index in [1.165, 1.54) is 0 Å². The van der Waals surface area contributed by atoms with Gasteiger partial charge in [-0.05, 0) is 35.4 Å². The first-order valence-electron chi connectivity index (χ1n) is 4.90. The number of halogens is 4. The third-order valence-electron chi connectivity index (χ3n) is 2.37. The van der Waals surface area contributed by atoms with Gasteiger partial charge >= 0.3 is 0 Å². The minimum Gasteiger partial charge on any atom is -0.0909 e. The quantitative estimate of drug-likeness (QED) is 0.557. The Morgan fingerprint density at radius 1 is 0.765 bits per heavy atom. The Balaban J connectivity index is 2.49. The van der Waals surface area contributed by atoms with Crippen molar-refractivity contribution in [2.45, 2.75) is 4.33 Å². The third-order valence-corrected chi connectivity index (χ3v) is 4.23. The molecule has 0 radical (unpaired) electrons. The molecule has 17 heavy (non-hydrogen) atoms. The van der Waals surface area contributed by atoms with E-state index in [4.69, 9.17) is 23.2 Å². The zero-order chi connectivity index (χ0) is 12.5. The van der Waals surface area contributed by atoms with Crippen molar-refractivity contribution in [1.82, 2.24) is 0 Å². The Morgan fingerprint density at radius 2 is 1.18 bits per heavy atom. The first kappa shape index (κ1) is 13.4. The van der Waals surface area contributed by atoms with Crippen molar-refractivity contribution >= 4 is 55.1 Å². The molecule has 0 spiro atoms. The molecule has 0 atom stereocenters. The smallest absolute Gasteiger partial charge is 0.0909 e. The second-order valence-corrected chi connectivity index (χ2v) is 6.75. The third kappa shape index (κ3) is 3.05. The van der Waals surface area contributed by atoms with Gasteiger partial charge in [0, 0.05) is 8.95 Å². The van der Waals surface area contributed by atoms with Crippen LogP contribution in [0.1, 0.15) is 11.1 Å². The van der Waals surface area contributed by atoms with Gasteiger partial charge in [0.05, 0.1) is 0 Å². The van der Waals surface area contributed by atoms with Gasteiger partial charge in [0.2, 0.25) is 0 Å². The maximum absolute atomic E-state index is 6.45. The lowest BCUT2D eigenvalue weighted by atomic mass is 10.0. The van der Waals surface area contributed by atoms with Gasteiger partial charge in [0.15, 0.2) is 4.33 Å². The van der Waals surface area contributed by atoms with Crippen molar-refractivity contribution in [2.24, 2.45) is 0 Å². The normalized spacial score (nSPS) is 11.5. The first-order chi connectivity index (χ1) is 8.00. The molecule has 2 aromatic carbocycles. The van der Waals surface area contributed by atoms with Crippen molar-refractivity contribution in [2.75, 3.05) is 0 Å². The van der Waals surface area contributed by atoms with Crippen LogP contribution >= 0.6 is 55.1 Å². The van der Waals surface area contributed by atoms with Crippen molar-refractivity contribution in [3.05, 3.63) is 68.6 Å². The van der Waals surface area contributed by atoms with E-state index in [1.807, 2.05) is 48.5 Å². The Kier molecular flexibility index (Phi) is 4.19. The summed E-state index contributed by atoms with van der Waals surface area (Å²) in [4.78, 5) is 0.